The van der Waals surface area contributed by atoms with Gasteiger partial charge in [0, 0.05) is 50.2 Å². The number of likely N-dealkylation sites (tertiary alicyclic amines) is 1. The molecule has 0 atom stereocenters. The van der Waals surface area contributed by atoms with E-state index in [0.717, 1.165) is 0 Å². The molecule has 32 heavy (non-hydrogen) atoms. The number of sulfonamides is 1. The molecule has 2 saturated heterocycles. The van der Waals surface area contributed by atoms with Crippen LogP contribution >= 0.6 is 11.6 Å². The van der Waals surface area contributed by atoms with E-state index < -0.39 is 15.6 Å². The van der Waals surface area contributed by atoms with Crippen LogP contribution in [0.4, 0.5) is 4.79 Å². The Morgan fingerprint density at radius 1 is 0.938 bits per heavy atom. The predicted molar refractivity (Wildman–Crippen MR) is 122 cm³/mol. The Hall–Kier alpha value is -1.84. The van der Waals surface area contributed by atoms with Crippen LogP contribution < -0.4 is 0 Å². The molecule has 0 aromatic heterocycles. The molecule has 0 spiro atoms. The van der Waals surface area contributed by atoms with Gasteiger partial charge in [0.1, 0.15) is 5.60 Å². The molecule has 2 aliphatic heterocycles. The zero-order valence-electron chi connectivity index (χ0n) is 18.9. The highest BCUT2D eigenvalue weighted by Gasteiger charge is 2.34. The van der Waals surface area contributed by atoms with Crippen molar-refractivity contribution in [2.75, 3.05) is 39.3 Å². The molecule has 2 aliphatic rings. The quantitative estimate of drug-likeness (QED) is 0.656. The molecule has 3 rings (SSSR count). The largest absolute Gasteiger partial charge is 0.444 e. The highest BCUT2D eigenvalue weighted by Crippen LogP contribution is 2.24. The smallest absolute Gasteiger partial charge is 0.410 e. The van der Waals surface area contributed by atoms with Crippen LogP contribution in [0.1, 0.15) is 40.0 Å². The predicted octanol–water partition coefficient (Wildman–Crippen LogP) is 3.21. The molecule has 0 aliphatic carbocycles. The summed E-state index contributed by atoms with van der Waals surface area (Å²) >= 11 is 5.87. The van der Waals surface area contributed by atoms with E-state index in [0.29, 0.717) is 57.0 Å². The average molecular weight is 486 g/mol. The van der Waals surface area contributed by atoms with Crippen LogP contribution in [0.25, 0.3) is 0 Å². The average Bonchev–Trinajstić information content (AvgIpc) is 2.99. The molecular weight excluding hydrogens is 454 g/mol. The second kappa shape index (κ2) is 9.97. The maximum atomic E-state index is 13.1. The van der Waals surface area contributed by atoms with Crippen LogP contribution in [-0.4, -0.2) is 79.4 Å². The van der Waals surface area contributed by atoms with Crippen LogP contribution in [0.2, 0.25) is 5.02 Å². The molecule has 2 amide bonds. The SMILES string of the molecule is CC(C)(C)OC(=O)N1CCC(C(=O)N2CCCN(S(=O)(=O)c3ccc(Cl)cc3)CC2)CC1. The Morgan fingerprint density at radius 3 is 2.16 bits per heavy atom. The molecule has 1 aromatic carbocycles. The van der Waals surface area contributed by atoms with Crippen molar-refractivity contribution < 1.29 is 22.7 Å². The minimum Gasteiger partial charge on any atom is -0.444 e. The van der Waals surface area contributed by atoms with Crippen molar-refractivity contribution in [1.29, 1.82) is 0 Å². The van der Waals surface area contributed by atoms with Gasteiger partial charge in [-0.2, -0.15) is 4.31 Å². The third kappa shape index (κ3) is 6.14. The van der Waals surface area contributed by atoms with Gasteiger partial charge >= 0.3 is 6.09 Å². The first-order chi connectivity index (χ1) is 15.0. The number of nitrogens with zero attached hydrogens (tertiary/aromatic N) is 3. The van der Waals surface area contributed by atoms with Crippen LogP contribution in [-0.2, 0) is 19.6 Å². The molecule has 0 saturated carbocycles. The van der Waals surface area contributed by atoms with Crippen molar-refractivity contribution in [2.45, 2.75) is 50.5 Å². The van der Waals surface area contributed by atoms with Gasteiger partial charge in [0.15, 0.2) is 0 Å². The summed E-state index contributed by atoms with van der Waals surface area (Å²) in [7, 11) is -3.63. The third-order valence-electron chi connectivity index (χ3n) is 5.71. The molecule has 8 nitrogen and oxygen atoms in total. The summed E-state index contributed by atoms with van der Waals surface area (Å²) in [5.41, 5.74) is -0.548. The summed E-state index contributed by atoms with van der Waals surface area (Å²) in [5, 5.41) is 0.481. The van der Waals surface area contributed by atoms with Crippen LogP contribution in [0.15, 0.2) is 29.2 Å². The Bertz CT molecular complexity index is 922. The maximum absolute atomic E-state index is 13.1. The van der Waals surface area contributed by atoms with E-state index in [2.05, 4.69) is 0 Å². The summed E-state index contributed by atoms with van der Waals surface area (Å²) < 4.78 is 32.8. The lowest BCUT2D eigenvalue weighted by atomic mass is 9.95. The molecule has 0 radical (unpaired) electrons. The van der Waals surface area contributed by atoms with Crippen molar-refractivity contribution in [3.63, 3.8) is 0 Å². The van der Waals surface area contributed by atoms with Gasteiger partial charge in [0.2, 0.25) is 15.9 Å². The zero-order valence-corrected chi connectivity index (χ0v) is 20.5. The van der Waals surface area contributed by atoms with Crippen molar-refractivity contribution in [3.8, 4) is 0 Å². The van der Waals surface area contributed by atoms with Crippen molar-refractivity contribution in [2.24, 2.45) is 5.92 Å². The lowest BCUT2D eigenvalue weighted by molar-refractivity contribution is -0.136. The number of carbonyl (C=O) groups excluding carboxylic acids is 2. The molecule has 0 unspecified atom stereocenters. The Kier molecular flexibility index (Phi) is 7.73. The summed E-state index contributed by atoms with van der Waals surface area (Å²) in [6, 6.07) is 6.13. The zero-order chi connectivity index (χ0) is 23.5. The van der Waals surface area contributed by atoms with E-state index in [1.807, 2.05) is 20.8 Å². The van der Waals surface area contributed by atoms with E-state index in [-0.39, 0.29) is 29.4 Å². The Balaban J connectivity index is 1.55. The summed E-state index contributed by atoms with van der Waals surface area (Å²) in [4.78, 5) is 28.9. The molecular formula is C22H32ClN3O5S. The van der Waals surface area contributed by atoms with E-state index in [9.17, 15) is 18.0 Å². The number of halogens is 1. The van der Waals surface area contributed by atoms with Crippen molar-refractivity contribution in [3.05, 3.63) is 29.3 Å². The minimum absolute atomic E-state index is 0.0413. The number of hydrogen-bond donors (Lipinski definition) is 0. The second-order valence-electron chi connectivity index (χ2n) is 9.28. The standard InChI is InChI=1S/C22H32ClN3O5S/c1-22(2,3)31-21(28)25-13-9-17(10-14-25)20(27)24-11-4-12-26(16-15-24)32(29,30)19-7-5-18(23)6-8-19/h5-8,17H,4,9-16H2,1-3H3. The lowest BCUT2D eigenvalue weighted by Crippen LogP contribution is -2.46. The first kappa shape index (κ1) is 24.8. The van der Waals surface area contributed by atoms with E-state index in [1.54, 1.807) is 21.9 Å². The molecule has 0 bridgehead atoms. The van der Waals surface area contributed by atoms with Gasteiger partial charge in [-0.05, 0) is 64.3 Å². The summed E-state index contributed by atoms with van der Waals surface area (Å²) in [6.45, 7) is 7.96. The van der Waals surface area contributed by atoms with E-state index >= 15 is 0 Å². The molecule has 0 N–H and O–H groups in total. The van der Waals surface area contributed by atoms with Gasteiger partial charge in [0.05, 0.1) is 4.90 Å². The Labute approximate surface area is 195 Å². The van der Waals surface area contributed by atoms with E-state index in [1.165, 1.54) is 16.4 Å². The lowest BCUT2D eigenvalue weighted by Gasteiger charge is -2.34. The fourth-order valence-corrected chi connectivity index (χ4v) is 5.60. The van der Waals surface area contributed by atoms with Gasteiger partial charge in [0.25, 0.3) is 0 Å². The fourth-order valence-electron chi connectivity index (χ4n) is 4.00. The maximum Gasteiger partial charge on any atom is 0.410 e. The number of rotatable bonds is 3. The van der Waals surface area contributed by atoms with Crippen LogP contribution in [0.5, 0.6) is 0 Å². The molecule has 2 fully saturated rings. The fraction of sp³-hybridized carbons (Fsp3) is 0.636. The molecule has 2 heterocycles. The normalized spacial score (nSPS) is 19.5. The van der Waals surface area contributed by atoms with Crippen LogP contribution in [0, 0.1) is 5.92 Å². The molecule has 10 heteroatoms. The Morgan fingerprint density at radius 2 is 1.56 bits per heavy atom. The first-order valence-corrected chi connectivity index (χ1v) is 12.8. The van der Waals surface area contributed by atoms with Crippen LogP contribution in [0.3, 0.4) is 0 Å². The van der Waals surface area contributed by atoms with Crippen molar-refractivity contribution >= 4 is 33.6 Å². The van der Waals surface area contributed by atoms with Gasteiger partial charge in [-0.15, -0.1) is 0 Å². The highest BCUT2D eigenvalue weighted by molar-refractivity contribution is 7.89. The summed E-state index contributed by atoms with van der Waals surface area (Å²) in [6.07, 6.45) is 1.40. The molecule has 178 valence electrons. The number of hydrogen-bond acceptors (Lipinski definition) is 5. The van der Waals surface area contributed by atoms with Crippen molar-refractivity contribution in [1.82, 2.24) is 14.1 Å². The van der Waals surface area contributed by atoms with Gasteiger partial charge < -0.3 is 14.5 Å². The third-order valence-corrected chi connectivity index (χ3v) is 7.88. The molecule has 1 aromatic rings. The monoisotopic (exact) mass is 485 g/mol. The minimum atomic E-state index is -3.63. The van der Waals surface area contributed by atoms with Gasteiger partial charge in [-0.25, -0.2) is 13.2 Å². The van der Waals surface area contributed by atoms with Gasteiger partial charge in [-0.1, -0.05) is 11.6 Å². The topological polar surface area (TPSA) is 87.2 Å². The summed E-state index contributed by atoms with van der Waals surface area (Å²) in [5.74, 6) is -0.118. The number of carbonyl (C=O) groups is 2. The number of ether oxygens (including phenoxy) is 1. The second-order valence-corrected chi connectivity index (χ2v) is 11.7. The van der Waals surface area contributed by atoms with E-state index in [4.69, 9.17) is 16.3 Å². The van der Waals surface area contributed by atoms with Gasteiger partial charge in [-0.3, -0.25) is 4.79 Å². The number of amides is 2. The first-order valence-electron chi connectivity index (χ1n) is 11.0. The highest BCUT2D eigenvalue weighted by atomic mass is 35.5. The number of benzene rings is 1. The number of piperidine rings is 1.